The summed E-state index contributed by atoms with van der Waals surface area (Å²) in [6.45, 7) is 1.98. The van der Waals surface area contributed by atoms with E-state index >= 15 is 0 Å². The van der Waals surface area contributed by atoms with Gasteiger partial charge in [0.15, 0.2) is 0 Å². The van der Waals surface area contributed by atoms with Crippen molar-refractivity contribution in [1.29, 1.82) is 5.41 Å². The van der Waals surface area contributed by atoms with Gasteiger partial charge in [-0.1, -0.05) is 30.3 Å². The molecule has 29 heavy (non-hydrogen) atoms. The second kappa shape index (κ2) is 8.23. The maximum atomic E-state index is 14.7. The number of nitrogens with zero attached hydrogens (tertiary/aromatic N) is 2. The zero-order valence-electron chi connectivity index (χ0n) is 15.8. The lowest BCUT2D eigenvalue weighted by molar-refractivity contribution is 0.219. The molecule has 1 aliphatic rings. The van der Waals surface area contributed by atoms with Gasteiger partial charge in [0.2, 0.25) is 0 Å². The molecule has 148 valence electrons. The number of hydrogen-bond donors (Lipinski definition) is 3. The number of aromatic nitrogens is 1. The van der Waals surface area contributed by atoms with E-state index in [-0.39, 0.29) is 17.3 Å². The Morgan fingerprint density at radius 3 is 2.59 bits per heavy atom. The van der Waals surface area contributed by atoms with E-state index in [2.05, 4.69) is 33.6 Å². The van der Waals surface area contributed by atoms with Crippen LogP contribution in [0.4, 0.5) is 10.1 Å². The lowest BCUT2D eigenvalue weighted by Gasteiger charge is -2.38. The Labute approximate surface area is 173 Å². The third-order valence-electron chi connectivity index (χ3n) is 4.92. The summed E-state index contributed by atoms with van der Waals surface area (Å²) in [5.74, 6) is 0.0425. The fourth-order valence-corrected chi connectivity index (χ4v) is 4.57. The zero-order chi connectivity index (χ0) is 20.4. The van der Waals surface area contributed by atoms with Gasteiger partial charge in [-0.2, -0.15) is 0 Å². The number of nitrogens with two attached hydrogens (primary N) is 2. The molecule has 0 saturated carbocycles. The summed E-state index contributed by atoms with van der Waals surface area (Å²) in [5, 5.41) is 7.55. The highest BCUT2D eigenvalue weighted by atomic mass is 32.2. The van der Waals surface area contributed by atoms with Crippen molar-refractivity contribution < 1.29 is 4.39 Å². The number of hydrogen-bond acceptors (Lipinski definition) is 5. The van der Waals surface area contributed by atoms with Gasteiger partial charge in [0, 0.05) is 23.5 Å². The quantitative estimate of drug-likeness (QED) is 0.327. The van der Waals surface area contributed by atoms with Gasteiger partial charge >= 0.3 is 0 Å². The van der Waals surface area contributed by atoms with Crippen LogP contribution in [0, 0.1) is 17.1 Å². The Hall–Kier alpha value is -2.90. The molecule has 0 amide bonds. The van der Waals surface area contributed by atoms with E-state index < -0.39 is 0 Å². The first-order valence-electron chi connectivity index (χ1n) is 9.37. The summed E-state index contributed by atoms with van der Waals surface area (Å²) in [5.41, 5.74) is 13.9. The predicted octanol–water partition coefficient (Wildman–Crippen LogP) is 3.94. The third-order valence-corrected chi connectivity index (χ3v) is 5.94. The fourth-order valence-electron chi connectivity index (χ4n) is 3.42. The summed E-state index contributed by atoms with van der Waals surface area (Å²) >= 11 is 1.57. The van der Waals surface area contributed by atoms with Crippen LogP contribution < -0.4 is 11.5 Å². The van der Waals surface area contributed by atoms with E-state index in [0.29, 0.717) is 22.9 Å². The molecule has 5 nitrogen and oxygen atoms in total. The molecule has 3 aromatic rings. The molecule has 5 N–H and O–H groups in total. The summed E-state index contributed by atoms with van der Waals surface area (Å²) in [4.78, 5) is 5.09. The largest absolute Gasteiger partial charge is 0.397 e. The summed E-state index contributed by atoms with van der Waals surface area (Å²) < 4.78 is 17.0. The molecule has 1 aliphatic heterocycles. The summed E-state index contributed by atoms with van der Waals surface area (Å²) in [6.07, 6.45) is 1.08. The SMILES string of the molecule is N=C(N)c1nc(-c2ccc(SN3CC(Cc4ccccc4)C3)cc2F)ccc1N. The monoisotopic (exact) mass is 407 g/mol. The van der Waals surface area contributed by atoms with Gasteiger partial charge in [-0.05, 0) is 60.2 Å². The van der Waals surface area contributed by atoms with E-state index in [1.807, 2.05) is 12.1 Å². The molecule has 2 aromatic carbocycles. The number of benzene rings is 2. The molecule has 0 radical (unpaired) electrons. The van der Waals surface area contributed by atoms with Crippen LogP contribution in [-0.4, -0.2) is 28.2 Å². The van der Waals surface area contributed by atoms with E-state index in [4.69, 9.17) is 16.9 Å². The van der Waals surface area contributed by atoms with Gasteiger partial charge in [-0.15, -0.1) is 0 Å². The van der Waals surface area contributed by atoms with Gasteiger partial charge in [0.25, 0.3) is 0 Å². The highest BCUT2D eigenvalue weighted by Gasteiger charge is 2.27. The lowest BCUT2D eigenvalue weighted by atomic mass is 9.94. The Kier molecular flexibility index (Phi) is 5.51. The third kappa shape index (κ3) is 4.41. The highest BCUT2D eigenvalue weighted by Crippen LogP contribution is 2.34. The van der Waals surface area contributed by atoms with E-state index in [0.717, 1.165) is 24.4 Å². The Balaban J connectivity index is 1.40. The second-order valence-corrected chi connectivity index (χ2v) is 8.35. The van der Waals surface area contributed by atoms with Crippen molar-refractivity contribution in [2.45, 2.75) is 11.3 Å². The number of pyridine rings is 1. The average molecular weight is 408 g/mol. The molecule has 4 rings (SSSR count). The minimum atomic E-state index is -0.358. The van der Waals surface area contributed by atoms with E-state index in [1.54, 1.807) is 30.1 Å². The van der Waals surface area contributed by atoms with Crippen LogP contribution in [0.3, 0.4) is 0 Å². The number of anilines is 1. The van der Waals surface area contributed by atoms with Crippen molar-refractivity contribution in [3.63, 3.8) is 0 Å². The zero-order valence-corrected chi connectivity index (χ0v) is 16.6. The van der Waals surface area contributed by atoms with Crippen molar-refractivity contribution >= 4 is 23.5 Å². The Morgan fingerprint density at radius 2 is 1.90 bits per heavy atom. The van der Waals surface area contributed by atoms with Gasteiger partial charge < -0.3 is 11.5 Å². The minimum Gasteiger partial charge on any atom is -0.397 e. The van der Waals surface area contributed by atoms with Gasteiger partial charge in [0.05, 0.1) is 11.4 Å². The molecule has 0 unspecified atom stereocenters. The average Bonchev–Trinajstić information content (AvgIpc) is 2.68. The van der Waals surface area contributed by atoms with Crippen molar-refractivity contribution in [3.8, 4) is 11.3 Å². The Morgan fingerprint density at radius 1 is 1.14 bits per heavy atom. The Bertz CT molecular complexity index is 1030. The maximum absolute atomic E-state index is 14.7. The molecule has 0 bridgehead atoms. The molecule has 7 heteroatoms. The van der Waals surface area contributed by atoms with Crippen LogP contribution in [-0.2, 0) is 6.42 Å². The lowest BCUT2D eigenvalue weighted by Crippen LogP contribution is -2.42. The molecule has 2 heterocycles. The maximum Gasteiger partial charge on any atom is 0.143 e. The number of halogens is 1. The molecule has 0 spiro atoms. The first-order valence-corrected chi connectivity index (χ1v) is 10.1. The highest BCUT2D eigenvalue weighted by molar-refractivity contribution is 7.97. The van der Waals surface area contributed by atoms with Crippen LogP contribution in [0.5, 0.6) is 0 Å². The van der Waals surface area contributed by atoms with Gasteiger partial charge in [-0.3, -0.25) is 5.41 Å². The smallest absolute Gasteiger partial charge is 0.143 e. The predicted molar refractivity (Wildman–Crippen MR) is 116 cm³/mol. The van der Waals surface area contributed by atoms with E-state index in [9.17, 15) is 4.39 Å². The van der Waals surface area contributed by atoms with Gasteiger partial charge in [0.1, 0.15) is 17.3 Å². The topological polar surface area (TPSA) is 92.0 Å². The number of rotatable bonds is 6. The molecule has 1 saturated heterocycles. The van der Waals surface area contributed by atoms with Crippen molar-refractivity contribution in [3.05, 3.63) is 77.7 Å². The molecule has 1 aromatic heterocycles. The van der Waals surface area contributed by atoms with E-state index in [1.165, 1.54) is 11.6 Å². The normalized spacial score (nSPS) is 14.5. The molecular weight excluding hydrogens is 385 g/mol. The molecule has 0 aliphatic carbocycles. The molecule has 0 atom stereocenters. The van der Waals surface area contributed by atoms with Gasteiger partial charge in [-0.25, -0.2) is 13.7 Å². The first-order chi connectivity index (χ1) is 14.0. The molecular formula is C22H22FN5S. The summed E-state index contributed by atoms with van der Waals surface area (Å²) in [6, 6.07) is 18.8. The van der Waals surface area contributed by atoms with Crippen LogP contribution in [0.15, 0.2) is 65.6 Å². The number of nitrogen functional groups attached to an aromatic ring is 2. The fraction of sp³-hybridized carbons (Fsp3) is 0.182. The second-order valence-electron chi connectivity index (χ2n) is 7.18. The first kappa shape index (κ1) is 19.4. The molecule has 1 fully saturated rings. The minimum absolute atomic E-state index is 0.172. The van der Waals surface area contributed by atoms with Crippen molar-refractivity contribution in [2.24, 2.45) is 11.7 Å². The van der Waals surface area contributed by atoms with Crippen molar-refractivity contribution in [2.75, 3.05) is 18.8 Å². The number of nitrogens with one attached hydrogen (secondary N) is 1. The van der Waals surface area contributed by atoms with Crippen LogP contribution >= 0.6 is 11.9 Å². The van der Waals surface area contributed by atoms with Crippen LogP contribution in [0.25, 0.3) is 11.3 Å². The van der Waals surface area contributed by atoms with Crippen LogP contribution in [0.1, 0.15) is 11.3 Å². The summed E-state index contributed by atoms with van der Waals surface area (Å²) in [7, 11) is 0. The number of amidine groups is 1. The standard InChI is InChI=1S/C22H22FN5S/c23-18-11-16(29-28-12-15(13-28)10-14-4-2-1-3-5-14)6-7-17(18)20-9-8-19(24)21(27-20)22(25)26/h1-9,11,15H,10,12-13,24H2,(H3,25,26). The van der Waals surface area contributed by atoms with Crippen molar-refractivity contribution in [1.82, 2.24) is 9.29 Å². The van der Waals surface area contributed by atoms with Crippen LogP contribution in [0.2, 0.25) is 0 Å².